The van der Waals surface area contributed by atoms with Gasteiger partial charge in [0.25, 0.3) is 0 Å². The molecule has 0 saturated carbocycles. The number of nitrogen functional groups attached to an aromatic ring is 1. The van der Waals surface area contributed by atoms with Crippen LogP contribution in [0.15, 0.2) is 11.1 Å². The van der Waals surface area contributed by atoms with Crippen LogP contribution in [0.1, 0.15) is 12.6 Å². The number of aromatic amines is 1. The molecule has 102 valence electrons. The van der Waals surface area contributed by atoms with Gasteiger partial charge in [-0.1, -0.05) is 0 Å². The molecule has 1 aliphatic rings. The third-order valence-corrected chi connectivity index (χ3v) is 3.21. The first-order valence-corrected chi connectivity index (χ1v) is 5.77. The number of nitrogens with one attached hydrogen (secondary N) is 1. The maximum atomic E-state index is 11.9. The van der Waals surface area contributed by atoms with E-state index in [9.17, 15) is 9.90 Å². The van der Waals surface area contributed by atoms with Gasteiger partial charge in [0.2, 0.25) is 0 Å². The van der Waals surface area contributed by atoms with Crippen LogP contribution in [0.5, 0.6) is 0 Å². The molecule has 1 saturated heterocycles. The van der Waals surface area contributed by atoms with Crippen molar-refractivity contribution in [2.75, 3.05) is 12.3 Å². The van der Waals surface area contributed by atoms with Crippen molar-refractivity contribution in [3.63, 3.8) is 0 Å². The molecule has 0 bridgehead atoms. The maximum Gasteiger partial charge on any atom is 0.329 e. The predicted molar refractivity (Wildman–Crippen MR) is 64.2 cm³/mol. The van der Waals surface area contributed by atoms with Crippen molar-refractivity contribution in [3.05, 3.63) is 16.8 Å². The lowest BCUT2D eigenvalue weighted by atomic mass is 10.2. The quantitative estimate of drug-likeness (QED) is 0.510. The summed E-state index contributed by atoms with van der Waals surface area (Å²) < 4.78 is 6.71. The average Bonchev–Trinajstić information content (AvgIpc) is 2.90. The molecule has 0 amide bonds. The Hall–Kier alpha value is -1.97. The number of nitrogens with zero attached hydrogens (tertiary/aromatic N) is 3. The molecule has 9 heteroatoms. The van der Waals surface area contributed by atoms with Crippen LogP contribution >= 0.6 is 0 Å². The Kier molecular flexibility index (Phi) is 2.73. The van der Waals surface area contributed by atoms with E-state index in [0.29, 0.717) is 11.2 Å². The van der Waals surface area contributed by atoms with E-state index in [1.54, 1.807) is 0 Å². The Morgan fingerprint density at radius 1 is 1.58 bits per heavy atom. The summed E-state index contributed by atoms with van der Waals surface area (Å²) in [5.74, 6) is 0.165. The molecule has 3 heterocycles. The zero-order chi connectivity index (χ0) is 13.6. The SMILES string of the molecule is Nc1ncnc2c1[nH]c(=O)n2[C@H]1C[C@H](O)[C@@H](CO)O1. The van der Waals surface area contributed by atoms with Crippen LogP contribution in [-0.2, 0) is 4.74 Å². The van der Waals surface area contributed by atoms with E-state index >= 15 is 0 Å². The van der Waals surface area contributed by atoms with E-state index in [2.05, 4.69) is 15.0 Å². The van der Waals surface area contributed by atoms with Crippen molar-refractivity contribution in [3.8, 4) is 0 Å². The second kappa shape index (κ2) is 4.30. The van der Waals surface area contributed by atoms with Gasteiger partial charge in [0.15, 0.2) is 11.5 Å². The molecule has 1 fully saturated rings. The van der Waals surface area contributed by atoms with Gasteiger partial charge in [-0.2, -0.15) is 0 Å². The minimum atomic E-state index is -0.828. The van der Waals surface area contributed by atoms with E-state index < -0.39 is 24.1 Å². The number of H-pyrrole nitrogens is 1. The smallest absolute Gasteiger partial charge is 0.329 e. The molecular weight excluding hydrogens is 254 g/mol. The number of hydrogen-bond acceptors (Lipinski definition) is 7. The summed E-state index contributed by atoms with van der Waals surface area (Å²) in [5.41, 5.74) is 5.85. The summed E-state index contributed by atoms with van der Waals surface area (Å²) >= 11 is 0. The Balaban J connectivity index is 2.09. The molecule has 3 rings (SSSR count). The topological polar surface area (TPSA) is 139 Å². The number of imidazole rings is 1. The van der Waals surface area contributed by atoms with Gasteiger partial charge in [0.1, 0.15) is 24.2 Å². The number of hydrogen-bond donors (Lipinski definition) is 4. The fourth-order valence-electron chi connectivity index (χ4n) is 2.26. The number of aromatic nitrogens is 4. The summed E-state index contributed by atoms with van der Waals surface area (Å²) in [7, 11) is 0. The fourth-order valence-corrected chi connectivity index (χ4v) is 2.26. The zero-order valence-corrected chi connectivity index (χ0v) is 9.85. The van der Waals surface area contributed by atoms with Crippen molar-refractivity contribution in [1.82, 2.24) is 19.5 Å². The van der Waals surface area contributed by atoms with Crippen molar-refractivity contribution >= 4 is 17.0 Å². The summed E-state index contributed by atoms with van der Waals surface area (Å²) in [4.78, 5) is 22.3. The van der Waals surface area contributed by atoms with E-state index in [0.717, 1.165) is 0 Å². The molecule has 0 aromatic carbocycles. The van der Waals surface area contributed by atoms with Gasteiger partial charge in [0, 0.05) is 6.42 Å². The van der Waals surface area contributed by atoms with Crippen molar-refractivity contribution in [2.45, 2.75) is 24.9 Å². The highest BCUT2D eigenvalue weighted by Gasteiger charge is 2.36. The van der Waals surface area contributed by atoms with Crippen molar-refractivity contribution in [2.24, 2.45) is 0 Å². The lowest BCUT2D eigenvalue weighted by Crippen LogP contribution is -2.25. The minimum absolute atomic E-state index is 0.165. The predicted octanol–water partition coefficient (Wildman–Crippen LogP) is -1.66. The number of anilines is 1. The number of nitrogens with two attached hydrogens (primary N) is 1. The standard InChI is InChI=1S/C10H13N5O4/c11-8-7-9(13-3-12-8)15(10(18)14-7)6-1-4(17)5(2-16)19-6/h3-6,16-17H,1-2H2,(H,14,18)(H2,11,12,13)/t4-,5+,6+/m0/s1. The van der Waals surface area contributed by atoms with Crippen LogP contribution in [-0.4, -0.2) is 48.5 Å². The van der Waals surface area contributed by atoms with Crippen molar-refractivity contribution < 1.29 is 14.9 Å². The third-order valence-electron chi connectivity index (χ3n) is 3.21. The third kappa shape index (κ3) is 1.79. The first-order valence-electron chi connectivity index (χ1n) is 5.77. The molecule has 19 heavy (non-hydrogen) atoms. The highest BCUT2D eigenvalue weighted by atomic mass is 16.5. The molecule has 9 nitrogen and oxygen atoms in total. The van der Waals surface area contributed by atoms with Gasteiger partial charge in [-0.25, -0.2) is 19.3 Å². The van der Waals surface area contributed by atoms with Gasteiger partial charge in [-0.3, -0.25) is 0 Å². The normalized spacial score (nSPS) is 27.2. The van der Waals surface area contributed by atoms with Crippen LogP contribution in [0.2, 0.25) is 0 Å². The van der Waals surface area contributed by atoms with Gasteiger partial charge in [-0.05, 0) is 0 Å². The Morgan fingerprint density at radius 2 is 2.37 bits per heavy atom. The molecule has 2 aromatic heterocycles. The maximum absolute atomic E-state index is 11.9. The van der Waals surface area contributed by atoms with Gasteiger partial charge in [0.05, 0.1) is 12.7 Å². The molecule has 0 unspecified atom stereocenters. The Bertz CT molecular complexity index is 665. The molecule has 1 aliphatic heterocycles. The first kappa shape index (κ1) is 12.1. The van der Waals surface area contributed by atoms with Gasteiger partial charge in [-0.15, -0.1) is 0 Å². The van der Waals surface area contributed by atoms with Crippen LogP contribution in [0.3, 0.4) is 0 Å². The van der Waals surface area contributed by atoms with Crippen LogP contribution in [0.25, 0.3) is 11.2 Å². The lowest BCUT2D eigenvalue weighted by Gasteiger charge is -2.12. The largest absolute Gasteiger partial charge is 0.394 e. The zero-order valence-electron chi connectivity index (χ0n) is 9.85. The second-order valence-electron chi connectivity index (χ2n) is 4.37. The molecule has 5 N–H and O–H groups in total. The monoisotopic (exact) mass is 267 g/mol. The van der Waals surface area contributed by atoms with E-state index in [-0.39, 0.29) is 18.8 Å². The summed E-state index contributed by atoms with van der Waals surface area (Å²) in [6.07, 6.45) is -0.784. The molecule has 2 aromatic rings. The molecule has 0 aliphatic carbocycles. The van der Waals surface area contributed by atoms with Crippen molar-refractivity contribution in [1.29, 1.82) is 0 Å². The molecular formula is C10H13N5O4. The highest BCUT2D eigenvalue weighted by molar-refractivity contribution is 5.81. The first-order chi connectivity index (χ1) is 9.11. The molecule has 3 atom stereocenters. The van der Waals surface area contributed by atoms with Crippen LogP contribution < -0.4 is 11.4 Å². The number of fused-ring (bicyclic) bond motifs is 1. The number of ether oxygens (including phenoxy) is 1. The number of aliphatic hydroxyl groups is 2. The summed E-state index contributed by atoms with van der Waals surface area (Å²) in [5, 5.41) is 18.8. The Morgan fingerprint density at radius 3 is 3.05 bits per heavy atom. The van der Waals surface area contributed by atoms with E-state index in [1.807, 2.05) is 0 Å². The summed E-state index contributed by atoms with van der Waals surface area (Å²) in [6, 6.07) is 0. The molecule has 0 spiro atoms. The van der Waals surface area contributed by atoms with Gasteiger partial charge < -0.3 is 25.7 Å². The van der Waals surface area contributed by atoms with E-state index in [4.69, 9.17) is 15.6 Å². The Labute approximate surface area is 106 Å². The summed E-state index contributed by atoms with van der Waals surface area (Å²) in [6.45, 7) is -0.314. The van der Waals surface area contributed by atoms with E-state index in [1.165, 1.54) is 10.9 Å². The van der Waals surface area contributed by atoms with Gasteiger partial charge >= 0.3 is 5.69 Å². The van der Waals surface area contributed by atoms with Crippen LogP contribution in [0, 0.1) is 0 Å². The molecule has 0 radical (unpaired) electrons. The fraction of sp³-hybridized carbons (Fsp3) is 0.500. The number of aliphatic hydroxyl groups excluding tert-OH is 2. The minimum Gasteiger partial charge on any atom is -0.394 e. The number of rotatable bonds is 2. The highest BCUT2D eigenvalue weighted by Crippen LogP contribution is 2.29. The van der Waals surface area contributed by atoms with Crippen LogP contribution in [0.4, 0.5) is 5.82 Å². The second-order valence-corrected chi connectivity index (χ2v) is 4.37. The lowest BCUT2D eigenvalue weighted by molar-refractivity contribution is -0.0441. The average molecular weight is 267 g/mol.